The standard InChI is InChI=1S/C13H22N2O4/c1-12(11(17)18)3-2-6-15(12)10(16)13(9-14)4-7-19-8-5-13/h2-9,14H2,1H3,(H,17,18). The van der Waals surface area contributed by atoms with E-state index in [1.807, 2.05) is 0 Å². The number of nitrogens with two attached hydrogens (primary N) is 1. The highest BCUT2D eigenvalue weighted by atomic mass is 16.5. The zero-order valence-corrected chi connectivity index (χ0v) is 11.4. The number of nitrogens with zero attached hydrogens (tertiary/aromatic N) is 1. The van der Waals surface area contributed by atoms with E-state index in [1.165, 1.54) is 4.90 Å². The van der Waals surface area contributed by atoms with Crippen LogP contribution in [0.3, 0.4) is 0 Å². The third-order valence-electron chi connectivity index (χ3n) is 4.64. The molecule has 2 aliphatic heterocycles. The number of hydrogen-bond donors (Lipinski definition) is 2. The van der Waals surface area contributed by atoms with Crippen molar-refractivity contribution in [2.24, 2.45) is 11.1 Å². The van der Waals surface area contributed by atoms with Gasteiger partial charge in [0.2, 0.25) is 5.91 Å². The minimum absolute atomic E-state index is 0.110. The summed E-state index contributed by atoms with van der Waals surface area (Å²) >= 11 is 0. The van der Waals surface area contributed by atoms with Crippen LogP contribution in [0.5, 0.6) is 0 Å². The molecule has 0 spiro atoms. The Morgan fingerprint density at radius 1 is 1.32 bits per heavy atom. The number of hydrogen-bond acceptors (Lipinski definition) is 4. The minimum Gasteiger partial charge on any atom is -0.480 e. The second-order valence-electron chi connectivity index (χ2n) is 5.74. The summed E-state index contributed by atoms with van der Waals surface area (Å²) in [5, 5.41) is 9.40. The predicted molar refractivity (Wildman–Crippen MR) is 68.5 cm³/mol. The van der Waals surface area contributed by atoms with Crippen molar-refractivity contribution in [3.05, 3.63) is 0 Å². The Balaban J connectivity index is 2.24. The van der Waals surface area contributed by atoms with Crippen molar-refractivity contribution >= 4 is 11.9 Å². The lowest BCUT2D eigenvalue weighted by molar-refractivity contribution is -0.162. The molecule has 2 fully saturated rings. The third-order valence-corrected chi connectivity index (χ3v) is 4.64. The molecule has 0 aromatic heterocycles. The van der Waals surface area contributed by atoms with Crippen LogP contribution in [0.1, 0.15) is 32.6 Å². The molecule has 3 N–H and O–H groups in total. The molecule has 0 aliphatic carbocycles. The first-order chi connectivity index (χ1) is 8.96. The van der Waals surface area contributed by atoms with Crippen LogP contribution in [-0.2, 0) is 14.3 Å². The number of ether oxygens (including phenoxy) is 1. The number of aliphatic carboxylic acids is 1. The molecule has 1 unspecified atom stereocenters. The normalized spacial score (nSPS) is 30.3. The first-order valence-corrected chi connectivity index (χ1v) is 6.80. The summed E-state index contributed by atoms with van der Waals surface area (Å²) in [6, 6.07) is 0. The first kappa shape index (κ1) is 14.3. The van der Waals surface area contributed by atoms with Gasteiger partial charge in [0, 0.05) is 26.3 Å². The number of carboxylic acids is 1. The van der Waals surface area contributed by atoms with Crippen LogP contribution in [0.2, 0.25) is 0 Å². The third kappa shape index (κ3) is 2.23. The van der Waals surface area contributed by atoms with Crippen LogP contribution in [0, 0.1) is 5.41 Å². The molecule has 2 saturated heterocycles. The minimum atomic E-state index is -1.09. The SMILES string of the molecule is CC1(C(=O)O)CCCN1C(=O)C1(CN)CCOCC1. The fourth-order valence-electron chi connectivity index (χ4n) is 3.06. The highest BCUT2D eigenvalue weighted by Crippen LogP contribution is 2.38. The molecule has 2 heterocycles. The predicted octanol–water partition coefficient (Wildman–Crippen LogP) is 0.208. The lowest BCUT2D eigenvalue weighted by atomic mass is 9.78. The number of rotatable bonds is 3. The van der Waals surface area contributed by atoms with E-state index >= 15 is 0 Å². The van der Waals surface area contributed by atoms with Crippen molar-refractivity contribution in [2.75, 3.05) is 26.3 Å². The summed E-state index contributed by atoms with van der Waals surface area (Å²) in [7, 11) is 0. The van der Waals surface area contributed by atoms with Gasteiger partial charge in [-0.1, -0.05) is 0 Å². The van der Waals surface area contributed by atoms with Crippen LogP contribution >= 0.6 is 0 Å². The van der Waals surface area contributed by atoms with Gasteiger partial charge in [-0.05, 0) is 32.6 Å². The van der Waals surface area contributed by atoms with Gasteiger partial charge in [0.1, 0.15) is 5.54 Å². The van der Waals surface area contributed by atoms with Crippen LogP contribution in [0.25, 0.3) is 0 Å². The number of carbonyl (C=O) groups is 2. The number of carbonyl (C=O) groups excluding carboxylic acids is 1. The molecule has 19 heavy (non-hydrogen) atoms. The van der Waals surface area contributed by atoms with Gasteiger partial charge in [0.25, 0.3) is 0 Å². The Kier molecular flexibility index (Phi) is 3.82. The molecule has 0 aromatic carbocycles. The zero-order valence-electron chi connectivity index (χ0n) is 11.4. The number of carboxylic acid groups (broad SMARTS) is 1. The average molecular weight is 270 g/mol. The Hall–Kier alpha value is -1.14. The van der Waals surface area contributed by atoms with Gasteiger partial charge >= 0.3 is 5.97 Å². The van der Waals surface area contributed by atoms with Gasteiger partial charge < -0.3 is 20.5 Å². The van der Waals surface area contributed by atoms with Crippen LogP contribution in [0.4, 0.5) is 0 Å². The van der Waals surface area contributed by atoms with Crippen molar-refractivity contribution in [1.29, 1.82) is 0 Å². The molecule has 2 rings (SSSR count). The second kappa shape index (κ2) is 5.09. The Morgan fingerprint density at radius 3 is 2.47 bits per heavy atom. The molecular weight excluding hydrogens is 248 g/mol. The quantitative estimate of drug-likeness (QED) is 0.764. The van der Waals surface area contributed by atoms with E-state index in [0.717, 1.165) is 6.42 Å². The largest absolute Gasteiger partial charge is 0.480 e. The molecule has 6 nitrogen and oxygen atoms in total. The summed E-state index contributed by atoms with van der Waals surface area (Å²) in [4.78, 5) is 25.8. The van der Waals surface area contributed by atoms with Gasteiger partial charge in [-0.3, -0.25) is 4.79 Å². The molecule has 0 bridgehead atoms. The van der Waals surface area contributed by atoms with Crippen molar-refractivity contribution < 1.29 is 19.4 Å². The van der Waals surface area contributed by atoms with Crippen molar-refractivity contribution in [3.63, 3.8) is 0 Å². The molecule has 2 aliphatic rings. The molecule has 0 radical (unpaired) electrons. The van der Waals surface area contributed by atoms with Gasteiger partial charge in [-0.2, -0.15) is 0 Å². The van der Waals surface area contributed by atoms with Gasteiger partial charge in [-0.15, -0.1) is 0 Å². The van der Waals surface area contributed by atoms with Crippen molar-refractivity contribution in [3.8, 4) is 0 Å². The maximum Gasteiger partial charge on any atom is 0.329 e. The zero-order chi connectivity index (χ0) is 14.1. The van der Waals surface area contributed by atoms with E-state index in [2.05, 4.69) is 0 Å². The summed E-state index contributed by atoms with van der Waals surface area (Å²) in [5.41, 5.74) is 4.10. The van der Waals surface area contributed by atoms with E-state index in [9.17, 15) is 14.7 Å². The molecule has 1 atom stereocenters. The highest BCUT2D eigenvalue weighted by Gasteiger charge is 2.51. The smallest absolute Gasteiger partial charge is 0.329 e. The molecule has 6 heteroatoms. The Morgan fingerprint density at radius 2 is 1.95 bits per heavy atom. The van der Waals surface area contributed by atoms with Crippen molar-refractivity contribution in [1.82, 2.24) is 4.90 Å². The second-order valence-corrected chi connectivity index (χ2v) is 5.74. The lowest BCUT2D eigenvalue weighted by Gasteiger charge is -2.41. The van der Waals surface area contributed by atoms with Crippen molar-refractivity contribution in [2.45, 2.75) is 38.1 Å². The molecular formula is C13H22N2O4. The fourth-order valence-corrected chi connectivity index (χ4v) is 3.06. The van der Waals surface area contributed by atoms with E-state index < -0.39 is 16.9 Å². The van der Waals surface area contributed by atoms with E-state index in [-0.39, 0.29) is 12.5 Å². The Bertz CT molecular complexity index is 379. The van der Waals surface area contributed by atoms with E-state index in [1.54, 1.807) is 6.92 Å². The lowest BCUT2D eigenvalue weighted by Crippen LogP contribution is -2.58. The topological polar surface area (TPSA) is 92.9 Å². The molecule has 1 amide bonds. The molecule has 0 aromatic rings. The maximum absolute atomic E-state index is 12.8. The van der Waals surface area contributed by atoms with Crippen LogP contribution < -0.4 is 5.73 Å². The maximum atomic E-state index is 12.8. The summed E-state index contributed by atoms with van der Waals surface area (Å²) in [6.45, 7) is 3.41. The molecule has 108 valence electrons. The molecule has 0 saturated carbocycles. The van der Waals surface area contributed by atoms with E-state index in [0.29, 0.717) is 39.0 Å². The summed E-state index contributed by atoms with van der Waals surface area (Å²) in [5.74, 6) is -1.04. The summed E-state index contributed by atoms with van der Waals surface area (Å²) in [6.07, 6.45) is 2.39. The van der Waals surface area contributed by atoms with Gasteiger partial charge in [0.15, 0.2) is 0 Å². The van der Waals surface area contributed by atoms with E-state index in [4.69, 9.17) is 10.5 Å². The first-order valence-electron chi connectivity index (χ1n) is 6.80. The fraction of sp³-hybridized carbons (Fsp3) is 0.846. The highest BCUT2D eigenvalue weighted by molar-refractivity contribution is 5.90. The van der Waals surface area contributed by atoms with Gasteiger partial charge in [-0.25, -0.2) is 4.79 Å². The summed E-state index contributed by atoms with van der Waals surface area (Å²) < 4.78 is 5.30. The average Bonchev–Trinajstić information content (AvgIpc) is 2.82. The Labute approximate surface area is 112 Å². The number of likely N-dealkylation sites (tertiary alicyclic amines) is 1. The van der Waals surface area contributed by atoms with Crippen LogP contribution in [0.15, 0.2) is 0 Å². The monoisotopic (exact) mass is 270 g/mol. The number of amides is 1. The van der Waals surface area contributed by atoms with Crippen LogP contribution in [-0.4, -0.2) is 53.7 Å². The van der Waals surface area contributed by atoms with Gasteiger partial charge in [0.05, 0.1) is 5.41 Å².